The zero-order chi connectivity index (χ0) is 14.3. The minimum atomic E-state index is -2.61. The van der Waals surface area contributed by atoms with E-state index in [1.165, 1.54) is 32.1 Å². The molecule has 0 bridgehead atoms. The fourth-order valence-corrected chi connectivity index (χ4v) is 5.60. The molecule has 20 heavy (non-hydrogen) atoms. The molecule has 0 aromatic carbocycles. The Morgan fingerprint density at radius 1 is 1.00 bits per heavy atom. The van der Waals surface area contributed by atoms with Gasteiger partial charge in [0.1, 0.15) is 12.9 Å². The van der Waals surface area contributed by atoms with E-state index in [-0.39, 0.29) is 12.9 Å². The van der Waals surface area contributed by atoms with Gasteiger partial charge in [-0.25, -0.2) is 0 Å². The highest BCUT2D eigenvalue weighted by Gasteiger charge is 2.47. The summed E-state index contributed by atoms with van der Waals surface area (Å²) in [6.45, 7) is 1.65. The second kappa shape index (κ2) is 8.46. The standard InChI is InChI=1S/C14H28O5Si/c1-15-20(16-2,19-12-17-10-13-11-18-13)14-8-6-4-3-5-7-9-14/h13-14H,3-12H2,1-2H3. The Kier molecular flexibility index (Phi) is 6.93. The van der Waals surface area contributed by atoms with Crippen molar-refractivity contribution in [2.75, 3.05) is 34.2 Å². The zero-order valence-electron chi connectivity index (χ0n) is 12.8. The van der Waals surface area contributed by atoms with Crippen LogP contribution in [-0.2, 0) is 22.8 Å². The first-order valence-electron chi connectivity index (χ1n) is 7.74. The van der Waals surface area contributed by atoms with Crippen LogP contribution in [-0.4, -0.2) is 49.1 Å². The summed E-state index contributed by atoms with van der Waals surface area (Å²) in [6, 6.07) is 0. The van der Waals surface area contributed by atoms with Crippen molar-refractivity contribution in [3.05, 3.63) is 0 Å². The van der Waals surface area contributed by atoms with Gasteiger partial charge in [-0.1, -0.05) is 32.1 Å². The third-order valence-corrected chi connectivity index (χ3v) is 7.46. The van der Waals surface area contributed by atoms with Crippen molar-refractivity contribution >= 4 is 8.80 Å². The lowest BCUT2D eigenvalue weighted by molar-refractivity contribution is -0.0416. The molecule has 0 aromatic rings. The smallest absolute Gasteiger partial charge is 0.377 e. The first-order chi connectivity index (χ1) is 9.80. The quantitative estimate of drug-likeness (QED) is 0.299. The summed E-state index contributed by atoms with van der Waals surface area (Å²) in [7, 11) is 0.799. The predicted octanol–water partition coefficient (Wildman–Crippen LogP) is 2.72. The lowest BCUT2D eigenvalue weighted by Crippen LogP contribution is -2.49. The molecule has 2 aliphatic rings. The van der Waals surface area contributed by atoms with Crippen molar-refractivity contribution in [2.24, 2.45) is 0 Å². The molecule has 0 spiro atoms. The average Bonchev–Trinajstić information content (AvgIpc) is 3.24. The summed E-state index contributed by atoms with van der Waals surface area (Å²) in [5.74, 6) is 0. The molecule has 0 aromatic heterocycles. The molecular formula is C14H28O5Si. The molecule has 1 heterocycles. The van der Waals surface area contributed by atoms with Crippen LogP contribution in [0.4, 0.5) is 0 Å². The van der Waals surface area contributed by atoms with Crippen molar-refractivity contribution in [3.8, 4) is 0 Å². The second-order valence-electron chi connectivity index (χ2n) is 5.64. The van der Waals surface area contributed by atoms with E-state index in [0.29, 0.717) is 12.1 Å². The molecular weight excluding hydrogens is 276 g/mol. The van der Waals surface area contributed by atoms with Gasteiger partial charge in [0.25, 0.3) is 0 Å². The Labute approximate surface area is 123 Å². The van der Waals surface area contributed by atoms with Crippen LogP contribution < -0.4 is 0 Å². The summed E-state index contributed by atoms with van der Waals surface area (Å²) in [4.78, 5) is 0. The van der Waals surface area contributed by atoms with Crippen LogP contribution >= 0.6 is 0 Å². The SMILES string of the molecule is CO[Si](OC)(OCOCC1CO1)C1CCCCCCC1. The third kappa shape index (κ3) is 4.79. The van der Waals surface area contributed by atoms with E-state index in [4.69, 9.17) is 22.8 Å². The molecule has 0 amide bonds. The topological polar surface area (TPSA) is 49.5 Å². The maximum atomic E-state index is 5.96. The Balaban J connectivity index is 1.83. The zero-order valence-corrected chi connectivity index (χ0v) is 13.8. The monoisotopic (exact) mass is 304 g/mol. The molecule has 5 nitrogen and oxygen atoms in total. The van der Waals surface area contributed by atoms with Gasteiger partial charge in [0.15, 0.2) is 0 Å². The molecule has 2 fully saturated rings. The van der Waals surface area contributed by atoms with E-state index in [9.17, 15) is 0 Å². The van der Waals surface area contributed by atoms with Crippen LogP contribution in [0.1, 0.15) is 44.9 Å². The summed E-state index contributed by atoms with van der Waals surface area (Å²) in [5, 5.41) is 0. The first-order valence-corrected chi connectivity index (χ1v) is 9.54. The molecule has 6 heteroatoms. The van der Waals surface area contributed by atoms with Crippen LogP contribution in [0.25, 0.3) is 0 Å². The molecule has 2 rings (SSSR count). The van der Waals surface area contributed by atoms with E-state index < -0.39 is 8.80 Å². The Morgan fingerprint density at radius 3 is 2.15 bits per heavy atom. The van der Waals surface area contributed by atoms with Gasteiger partial charge in [0, 0.05) is 19.8 Å². The fourth-order valence-electron chi connectivity index (χ4n) is 2.93. The van der Waals surface area contributed by atoms with E-state index >= 15 is 0 Å². The van der Waals surface area contributed by atoms with Crippen molar-refractivity contribution in [2.45, 2.75) is 56.6 Å². The summed E-state index contributed by atoms with van der Waals surface area (Å²) in [6.07, 6.45) is 9.00. The Hall–Kier alpha value is 0.0169. The summed E-state index contributed by atoms with van der Waals surface area (Å²) < 4.78 is 28.0. The lowest BCUT2D eigenvalue weighted by Gasteiger charge is -2.34. The molecule has 1 unspecified atom stereocenters. The predicted molar refractivity (Wildman–Crippen MR) is 77.5 cm³/mol. The number of hydrogen-bond donors (Lipinski definition) is 0. The van der Waals surface area contributed by atoms with Crippen molar-refractivity contribution in [3.63, 3.8) is 0 Å². The summed E-state index contributed by atoms with van der Waals surface area (Å²) in [5.41, 5.74) is 0.401. The van der Waals surface area contributed by atoms with E-state index in [2.05, 4.69) is 0 Å². The van der Waals surface area contributed by atoms with Crippen LogP contribution in [0.15, 0.2) is 0 Å². The van der Waals surface area contributed by atoms with Gasteiger partial charge in [0.05, 0.1) is 13.2 Å². The second-order valence-corrected chi connectivity index (χ2v) is 8.77. The largest absolute Gasteiger partial charge is 0.505 e. The number of ether oxygens (including phenoxy) is 2. The van der Waals surface area contributed by atoms with Gasteiger partial charge in [-0.15, -0.1) is 0 Å². The molecule has 1 saturated carbocycles. The van der Waals surface area contributed by atoms with Gasteiger partial charge in [-0.2, -0.15) is 0 Å². The maximum absolute atomic E-state index is 5.96. The molecule has 0 N–H and O–H groups in total. The van der Waals surface area contributed by atoms with Crippen LogP contribution in [0.5, 0.6) is 0 Å². The highest BCUT2D eigenvalue weighted by atomic mass is 28.4. The Morgan fingerprint density at radius 2 is 1.60 bits per heavy atom. The minimum absolute atomic E-state index is 0.240. The van der Waals surface area contributed by atoms with Crippen LogP contribution in [0.3, 0.4) is 0 Å². The summed E-state index contributed by atoms with van der Waals surface area (Å²) >= 11 is 0. The highest BCUT2D eigenvalue weighted by molar-refractivity contribution is 6.62. The van der Waals surface area contributed by atoms with Gasteiger partial charge in [-0.05, 0) is 12.8 Å². The van der Waals surface area contributed by atoms with Crippen molar-refractivity contribution in [1.29, 1.82) is 0 Å². The van der Waals surface area contributed by atoms with E-state index in [1.807, 2.05) is 0 Å². The van der Waals surface area contributed by atoms with Crippen LogP contribution in [0, 0.1) is 0 Å². The molecule has 1 aliphatic heterocycles. The third-order valence-electron chi connectivity index (χ3n) is 4.22. The molecule has 0 radical (unpaired) electrons. The average molecular weight is 304 g/mol. The van der Waals surface area contributed by atoms with Crippen molar-refractivity contribution < 1.29 is 22.8 Å². The maximum Gasteiger partial charge on any atom is 0.505 e. The number of hydrogen-bond acceptors (Lipinski definition) is 5. The molecule has 118 valence electrons. The van der Waals surface area contributed by atoms with Gasteiger partial charge in [0.2, 0.25) is 0 Å². The van der Waals surface area contributed by atoms with Gasteiger partial charge < -0.3 is 22.8 Å². The molecule has 1 atom stereocenters. The first kappa shape index (κ1) is 16.4. The normalized spacial score (nSPS) is 25.2. The fraction of sp³-hybridized carbons (Fsp3) is 1.00. The number of rotatable bonds is 8. The minimum Gasteiger partial charge on any atom is -0.377 e. The number of epoxide rings is 1. The van der Waals surface area contributed by atoms with E-state index in [0.717, 1.165) is 19.4 Å². The van der Waals surface area contributed by atoms with E-state index in [1.54, 1.807) is 14.2 Å². The highest BCUT2D eigenvalue weighted by Crippen LogP contribution is 2.36. The lowest BCUT2D eigenvalue weighted by atomic mass is 10.0. The molecule has 1 aliphatic carbocycles. The van der Waals surface area contributed by atoms with Crippen LogP contribution in [0.2, 0.25) is 5.54 Å². The Bertz CT molecular complexity index is 260. The molecule has 1 saturated heterocycles. The van der Waals surface area contributed by atoms with Gasteiger partial charge >= 0.3 is 8.80 Å². The van der Waals surface area contributed by atoms with Crippen molar-refractivity contribution in [1.82, 2.24) is 0 Å². The van der Waals surface area contributed by atoms with Gasteiger partial charge in [-0.3, -0.25) is 0 Å².